The Morgan fingerprint density at radius 2 is 2.27 bits per heavy atom. The van der Waals surface area contributed by atoms with Crippen molar-refractivity contribution < 1.29 is 19.2 Å². The molecule has 0 aromatic heterocycles. The summed E-state index contributed by atoms with van der Waals surface area (Å²) >= 11 is 0. The van der Waals surface area contributed by atoms with E-state index in [1.165, 1.54) is 0 Å². The van der Waals surface area contributed by atoms with Gasteiger partial charge in [-0.05, 0) is 13.0 Å². The minimum Gasteiger partial charge on any atom is -0.433 e. The largest absolute Gasteiger partial charge is 0.533 e. The van der Waals surface area contributed by atoms with Gasteiger partial charge in [0.15, 0.2) is 0 Å². The van der Waals surface area contributed by atoms with E-state index in [9.17, 15) is 9.59 Å². The lowest BCUT2D eigenvalue weighted by atomic mass is 10.6. The summed E-state index contributed by atoms with van der Waals surface area (Å²) in [6.45, 7) is 4.96. The minimum atomic E-state index is -0.942. The maximum atomic E-state index is 10.4. The molecule has 62 valence electrons. The fourth-order valence-electron chi connectivity index (χ4n) is 0.281. The summed E-state index contributed by atoms with van der Waals surface area (Å²) in [4.78, 5) is 24.8. The second kappa shape index (κ2) is 5.28. The lowest BCUT2D eigenvalue weighted by Gasteiger charge is -2.01. The van der Waals surface area contributed by atoms with Crippen molar-refractivity contribution in [2.24, 2.45) is 0 Å². The lowest BCUT2D eigenvalue weighted by molar-refractivity contribution is -0.126. The number of carbonyl (C=O) groups excluding carboxylic acids is 2. The topological polar surface area (TPSA) is 64.6 Å². The molecule has 0 aliphatic carbocycles. The van der Waals surface area contributed by atoms with Crippen LogP contribution in [0.15, 0.2) is 12.7 Å². The Morgan fingerprint density at radius 1 is 1.64 bits per heavy atom. The first kappa shape index (κ1) is 9.48. The molecule has 0 rings (SSSR count). The first-order chi connectivity index (χ1) is 5.20. The van der Waals surface area contributed by atoms with E-state index in [0.717, 1.165) is 6.08 Å². The Morgan fingerprint density at radius 3 is 2.73 bits per heavy atom. The highest BCUT2D eigenvalue weighted by Crippen LogP contribution is 1.80. The SMILES string of the molecule is C=CC(=O)NOC(=O)OCC. The van der Waals surface area contributed by atoms with Crippen LogP contribution in [-0.2, 0) is 14.4 Å². The molecule has 1 N–H and O–H groups in total. The highest BCUT2D eigenvalue weighted by molar-refractivity contribution is 5.86. The van der Waals surface area contributed by atoms with Crippen LogP contribution in [0.25, 0.3) is 0 Å². The molecule has 0 aliphatic rings. The zero-order valence-corrected chi connectivity index (χ0v) is 6.12. The molecule has 0 aliphatic heterocycles. The fraction of sp³-hybridized carbons (Fsp3) is 0.333. The molecule has 0 heterocycles. The summed E-state index contributed by atoms with van der Waals surface area (Å²) in [5.74, 6) is -0.599. The third-order valence-electron chi connectivity index (χ3n) is 0.683. The van der Waals surface area contributed by atoms with E-state index in [2.05, 4.69) is 16.2 Å². The van der Waals surface area contributed by atoms with E-state index in [0.29, 0.717) is 0 Å². The number of carbonyl (C=O) groups is 2. The highest BCUT2D eigenvalue weighted by Gasteiger charge is 2.02. The van der Waals surface area contributed by atoms with Gasteiger partial charge < -0.3 is 9.57 Å². The summed E-state index contributed by atoms with van der Waals surface area (Å²) in [5.41, 5.74) is 1.79. The Hall–Kier alpha value is -1.52. The van der Waals surface area contributed by atoms with Crippen LogP contribution in [-0.4, -0.2) is 18.7 Å². The Labute approximate surface area is 63.9 Å². The van der Waals surface area contributed by atoms with Gasteiger partial charge in [-0.15, -0.1) is 0 Å². The van der Waals surface area contributed by atoms with Gasteiger partial charge in [-0.2, -0.15) is 5.48 Å². The van der Waals surface area contributed by atoms with E-state index in [4.69, 9.17) is 0 Å². The van der Waals surface area contributed by atoms with Crippen LogP contribution in [0.2, 0.25) is 0 Å². The van der Waals surface area contributed by atoms with Crippen LogP contribution >= 0.6 is 0 Å². The molecule has 0 radical (unpaired) electrons. The Bertz CT molecular complexity index is 166. The Kier molecular flexibility index (Phi) is 4.55. The number of hydroxylamine groups is 1. The smallest absolute Gasteiger partial charge is 0.433 e. The van der Waals surface area contributed by atoms with Gasteiger partial charge in [0.25, 0.3) is 5.91 Å². The third-order valence-corrected chi connectivity index (χ3v) is 0.683. The monoisotopic (exact) mass is 159 g/mol. The molecule has 0 saturated carbocycles. The highest BCUT2D eigenvalue weighted by atomic mass is 16.8. The van der Waals surface area contributed by atoms with Gasteiger partial charge in [-0.3, -0.25) is 4.79 Å². The molecule has 0 bridgehead atoms. The third kappa shape index (κ3) is 4.95. The molecule has 0 aromatic rings. The summed E-state index contributed by atoms with van der Waals surface area (Å²) in [5, 5.41) is 0. The molecule has 0 atom stereocenters. The number of rotatable bonds is 2. The maximum absolute atomic E-state index is 10.4. The number of hydrogen-bond acceptors (Lipinski definition) is 4. The molecule has 0 aromatic carbocycles. The summed E-state index contributed by atoms with van der Waals surface area (Å²) in [7, 11) is 0. The molecule has 0 spiro atoms. The first-order valence-corrected chi connectivity index (χ1v) is 2.96. The number of nitrogens with one attached hydrogen (secondary N) is 1. The van der Waals surface area contributed by atoms with Gasteiger partial charge in [0, 0.05) is 0 Å². The number of hydrogen-bond donors (Lipinski definition) is 1. The minimum absolute atomic E-state index is 0.197. The van der Waals surface area contributed by atoms with Crippen LogP contribution in [0.3, 0.4) is 0 Å². The van der Waals surface area contributed by atoms with Crippen LogP contribution in [0, 0.1) is 0 Å². The van der Waals surface area contributed by atoms with Crippen molar-refractivity contribution in [1.29, 1.82) is 0 Å². The predicted octanol–water partition coefficient (Wildman–Crippen LogP) is 0.377. The van der Waals surface area contributed by atoms with E-state index in [-0.39, 0.29) is 6.61 Å². The summed E-state index contributed by atoms with van der Waals surface area (Å²) < 4.78 is 4.33. The van der Waals surface area contributed by atoms with E-state index >= 15 is 0 Å². The van der Waals surface area contributed by atoms with E-state index in [1.54, 1.807) is 12.4 Å². The summed E-state index contributed by atoms with van der Waals surface area (Å²) in [6, 6.07) is 0. The Balaban J connectivity index is 3.45. The number of amides is 1. The molecule has 11 heavy (non-hydrogen) atoms. The first-order valence-electron chi connectivity index (χ1n) is 2.96. The van der Waals surface area contributed by atoms with Crippen LogP contribution in [0.4, 0.5) is 4.79 Å². The van der Waals surface area contributed by atoms with Crippen LogP contribution < -0.4 is 5.48 Å². The van der Waals surface area contributed by atoms with Crippen molar-refractivity contribution in [3.05, 3.63) is 12.7 Å². The van der Waals surface area contributed by atoms with Crippen molar-refractivity contribution in [1.82, 2.24) is 5.48 Å². The normalized spacial score (nSPS) is 8.09. The van der Waals surface area contributed by atoms with Gasteiger partial charge in [0.1, 0.15) is 0 Å². The predicted molar refractivity (Wildman–Crippen MR) is 36.4 cm³/mol. The van der Waals surface area contributed by atoms with Crippen molar-refractivity contribution in [3.8, 4) is 0 Å². The standard InChI is InChI=1S/C6H9NO4/c1-3-5(8)7-11-6(9)10-4-2/h3H,1,4H2,2H3,(H,7,8). The van der Waals surface area contributed by atoms with Gasteiger partial charge in [-0.1, -0.05) is 6.58 Å². The second-order valence-corrected chi connectivity index (χ2v) is 1.46. The van der Waals surface area contributed by atoms with Gasteiger partial charge in [0.2, 0.25) is 0 Å². The lowest BCUT2D eigenvalue weighted by Crippen LogP contribution is -2.25. The van der Waals surface area contributed by atoms with Crippen molar-refractivity contribution >= 4 is 12.1 Å². The molecular weight excluding hydrogens is 150 g/mol. The van der Waals surface area contributed by atoms with Gasteiger partial charge in [-0.25, -0.2) is 4.79 Å². The maximum Gasteiger partial charge on any atom is 0.533 e. The van der Waals surface area contributed by atoms with Crippen molar-refractivity contribution in [2.75, 3.05) is 6.61 Å². The van der Waals surface area contributed by atoms with E-state index in [1.807, 2.05) is 0 Å². The molecule has 5 heteroatoms. The summed E-state index contributed by atoms with van der Waals surface area (Å²) in [6.07, 6.45) is 0.0295. The number of ether oxygens (including phenoxy) is 1. The molecule has 0 unspecified atom stereocenters. The zero-order valence-electron chi connectivity index (χ0n) is 6.12. The molecule has 0 saturated heterocycles. The van der Waals surface area contributed by atoms with Gasteiger partial charge >= 0.3 is 6.16 Å². The molecule has 1 amide bonds. The molecule has 0 fully saturated rings. The average Bonchev–Trinajstić information content (AvgIpc) is 2.01. The van der Waals surface area contributed by atoms with Crippen molar-refractivity contribution in [3.63, 3.8) is 0 Å². The molecular formula is C6H9NO4. The second-order valence-electron chi connectivity index (χ2n) is 1.46. The van der Waals surface area contributed by atoms with Gasteiger partial charge in [0.05, 0.1) is 6.61 Å². The van der Waals surface area contributed by atoms with Crippen LogP contribution in [0.1, 0.15) is 6.92 Å². The fourth-order valence-corrected chi connectivity index (χ4v) is 0.281. The van der Waals surface area contributed by atoms with E-state index < -0.39 is 12.1 Å². The zero-order chi connectivity index (χ0) is 8.69. The van der Waals surface area contributed by atoms with Crippen LogP contribution in [0.5, 0.6) is 0 Å². The quantitative estimate of drug-likeness (QED) is 0.359. The average molecular weight is 159 g/mol. The van der Waals surface area contributed by atoms with Crippen molar-refractivity contribution in [2.45, 2.75) is 6.92 Å². The molecule has 5 nitrogen and oxygen atoms in total.